The molecule has 0 radical (unpaired) electrons. The third-order valence-corrected chi connectivity index (χ3v) is 8.48. The van der Waals surface area contributed by atoms with E-state index in [1.54, 1.807) is 6.07 Å². The Hall–Kier alpha value is -3.00. The Morgan fingerprint density at radius 3 is 2.46 bits per heavy atom. The van der Waals surface area contributed by atoms with E-state index in [0.29, 0.717) is 18.9 Å². The summed E-state index contributed by atoms with van der Waals surface area (Å²) in [5.41, 5.74) is 12.1. The number of benzene rings is 3. The summed E-state index contributed by atoms with van der Waals surface area (Å²) in [6, 6.07) is 19.4. The van der Waals surface area contributed by atoms with Crippen LogP contribution in [0.5, 0.6) is 5.75 Å². The van der Waals surface area contributed by atoms with Crippen molar-refractivity contribution < 1.29 is 17.9 Å². The molecule has 2 heterocycles. The van der Waals surface area contributed by atoms with E-state index in [4.69, 9.17) is 17.3 Å². The number of hydrogen-bond acceptors (Lipinski definition) is 3. The van der Waals surface area contributed by atoms with Crippen LogP contribution in [-0.2, 0) is 25.9 Å². The van der Waals surface area contributed by atoms with Crippen molar-refractivity contribution >= 4 is 22.5 Å². The lowest BCUT2D eigenvalue weighted by molar-refractivity contribution is -0.274. The normalized spacial score (nSPS) is 15.1. The quantitative estimate of drug-likeness (QED) is 0.204. The van der Waals surface area contributed by atoms with Gasteiger partial charge in [-0.1, -0.05) is 48.9 Å². The smallest absolute Gasteiger partial charge is 0.406 e. The molecule has 4 nitrogen and oxygen atoms in total. The molecule has 1 aromatic heterocycles. The van der Waals surface area contributed by atoms with Crippen LogP contribution >= 0.6 is 11.6 Å². The topological polar surface area (TPSA) is 43.4 Å². The van der Waals surface area contributed by atoms with Crippen molar-refractivity contribution in [3.63, 3.8) is 0 Å². The molecule has 3 aromatic carbocycles. The molecule has 1 aliphatic rings. The predicted molar refractivity (Wildman–Crippen MR) is 160 cm³/mol. The van der Waals surface area contributed by atoms with Gasteiger partial charge in [-0.05, 0) is 110 Å². The SMILES string of the molecule is CCc1cc(OC(F)(F)F)ccc1-c1cn(CCCN)c2ccc(CN3CCC(Cc4ccccc4Cl)CC3)cc12. The number of alkyl halides is 3. The van der Waals surface area contributed by atoms with E-state index in [2.05, 4.69) is 50.7 Å². The number of piperidine rings is 1. The Morgan fingerprint density at radius 2 is 1.76 bits per heavy atom. The van der Waals surface area contributed by atoms with Crippen LogP contribution in [0, 0.1) is 5.92 Å². The molecule has 0 spiro atoms. The maximum Gasteiger partial charge on any atom is 0.573 e. The van der Waals surface area contributed by atoms with Gasteiger partial charge in [0.1, 0.15) is 5.75 Å². The highest BCUT2D eigenvalue weighted by Gasteiger charge is 2.31. The molecule has 218 valence electrons. The van der Waals surface area contributed by atoms with Crippen LogP contribution < -0.4 is 10.5 Å². The molecule has 2 N–H and O–H groups in total. The van der Waals surface area contributed by atoms with Gasteiger partial charge in [-0.15, -0.1) is 13.2 Å². The number of fused-ring (bicyclic) bond motifs is 1. The molecular weight excluding hydrogens is 547 g/mol. The summed E-state index contributed by atoms with van der Waals surface area (Å²) in [7, 11) is 0. The predicted octanol–water partition coefficient (Wildman–Crippen LogP) is 8.23. The van der Waals surface area contributed by atoms with Gasteiger partial charge < -0.3 is 15.0 Å². The lowest BCUT2D eigenvalue weighted by atomic mass is 9.90. The molecule has 1 aliphatic heterocycles. The summed E-state index contributed by atoms with van der Waals surface area (Å²) < 4.78 is 45.0. The largest absolute Gasteiger partial charge is 0.573 e. The Balaban J connectivity index is 1.37. The monoisotopic (exact) mass is 583 g/mol. The second-order valence-corrected chi connectivity index (χ2v) is 11.4. The van der Waals surface area contributed by atoms with Gasteiger partial charge in [-0.2, -0.15) is 0 Å². The Kier molecular flexibility index (Phi) is 9.27. The first kappa shape index (κ1) is 29.5. The minimum Gasteiger partial charge on any atom is -0.406 e. The lowest BCUT2D eigenvalue weighted by Crippen LogP contribution is -2.33. The molecule has 1 fully saturated rings. The van der Waals surface area contributed by atoms with Crippen LogP contribution in [0.15, 0.2) is 66.9 Å². The highest BCUT2D eigenvalue weighted by molar-refractivity contribution is 6.31. The average Bonchev–Trinajstić information content (AvgIpc) is 3.30. The van der Waals surface area contributed by atoms with Crippen LogP contribution in [0.3, 0.4) is 0 Å². The standard InChI is InChI=1S/C33H37ClF3N3O/c1-2-25-20-27(41-33(35,36)37)9-10-28(25)30-22-40(15-5-14-38)32-11-8-24(19-29(30)32)21-39-16-12-23(13-17-39)18-26-6-3-4-7-31(26)34/h3-4,6-11,19-20,22-23H,2,5,12-18,21,38H2,1H3. The highest BCUT2D eigenvalue weighted by atomic mass is 35.5. The number of rotatable bonds is 10. The van der Waals surface area contributed by atoms with Crippen LogP contribution in [0.1, 0.15) is 42.9 Å². The van der Waals surface area contributed by atoms with E-state index in [-0.39, 0.29) is 5.75 Å². The minimum absolute atomic E-state index is 0.191. The van der Waals surface area contributed by atoms with E-state index in [1.807, 2.05) is 19.1 Å². The van der Waals surface area contributed by atoms with Crippen molar-refractivity contribution in [3.05, 3.63) is 88.6 Å². The molecule has 0 amide bonds. The van der Waals surface area contributed by atoms with E-state index < -0.39 is 6.36 Å². The van der Waals surface area contributed by atoms with Gasteiger partial charge in [0.25, 0.3) is 0 Å². The van der Waals surface area contributed by atoms with Crippen LogP contribution in [-0.4, -0.2) is 35.5 Å². The zero-order valence-electron chi connectivity index (χ0n) is 23.4. The zero-order valence-corrected chi connectivity index (χ0v) is 24.1. The molecular formula is C33H37ClF3N3O. The summed E-state index contributed by atoms with van der Waals surface area (Å²) in [5, 5.41) is 1.96. The van der Waals surface area contributed by atoms with Crippen molar-refractivity contribution in [3.8, 4) is 16.9 Å². The molecule has 0 saturated carbocycles. The molecule has 0 unspecified atom stereocenters. The van der Waals surface area contributed by atoms with Gasteiger partial charge in [-0.25, -0.2) is 0 Å². The third kappa shape index (κ3) is 7.26. The molecule has 8 heteroatoms. The van der Waals surface area contributed by atoms with E-state index in [1.165, 1.54) is 23.3 Å². The summed E-state index contributed by atoms with van der Waals surface area (Å²) in [6.07, 6.45) is 2.12. The van der Waals surface area contributed by atoms with Crippen LogP contribution in [0.4, 0.5) is 13.2 Å². The third-order valence-electron chi connectivity index (χ3n) is 8.11. The van der Waals surface area contributed by atoms with Gasteiger partial charge in [0.05, 0.1) is 0 Å². The molecule has 0 aliphatic carbocycles. The fraction of sp³-hybridized carbons (Fsp3) is 0.394. The fourth-order valence-corrected chi connectivity index (χ4v) is 6.22. The maximum atomic E-state index is 12.9. The number of halogens is 4. The first-order chi connectivity index (χ1) is 19.7. The van der Waals surface area contributed by atoms with Gasteiger partial charge in [0.15, 0.2) is 0 Å². The van der Waals surface area contributed by atoms with Gasteiger partial charge in [-0.3, -0.25) is 4.90 Å². The average molecular weight is 584 g/mol. The summed E-state index contributed by atoms with van der Waals surface area (Å²) >= 11 is 6.40. The van der Waals surface area contributed by atoms with Gasteiger partial charge in [0.2, 0.25) is 0 Å². The second kappa shape index (κ2) is 12.9. The van der Waals surface area contributed by atoms with Crippen molar-refractivity contribution in [1.29, 1.82) is 0 Å². The van der Waals surface area contributed by atoms with Crippen molar-refractivity contribution in [2.45, 2.75) is 58.5 Å². The van der Waals surface area contributed by atoms with Gasteiger partial charge in [0, 0.05) is 40.8 Å². The molecule has 41 heavy (non-hydrogen) atoms. The second-order valence-electron chi connectivity index (χ2n) is 11.0. The van der Waals surface area contributed by atoms with Crippen LogP contribution in [0.25, 0.3) is 22.0 Å². The number of nitrogens with zero attached hydrogens (tertiary/aromatic N) is 2. The van der Waals surface area contributed by atoms with Gasteiger partial charge >= 0.3 is 6.36 Å². The van der Waals surface area contributed by atoms with Crippen molar-refractivity contribution in [1.82, 2.24) is 9.47 Å². The maximum absolute atomic E-state index is 12.9. The number of ether oxygens (including phenoxy) is 1. The Bertz CT molecular complexity index is 1470. The minimum atomic E-state index is -4.72. The number of likely N-dealkylation sites (tertiary alicyclic amines) is 1. The number of hydrogen-bond donors (Lipinski definition) is 1. The highest BCUT2D eigenvalue weighted by Crippen LogP contribution is 2.37. The van der Waals surface area contributed by atoms with E-state index in [9.17, 15) is 13.2 Å². The lowest BCUT2D eigenvalue weighted by Gasteiger charge is -2.32. The van der Waals surface area contributed by atoms with Crippen molar-refractivity contribution in [2.24, 2.45) is 11.7 Å². The number of aromatic nitrogens is 1. The Labute approximate surface area is 244 Å². The molecule has 5 rings (SSSR count). The molecule has 4 aromatic rings. The first-order valence-corrected chi connectivity index (χ1v) is 14.8. The molecule has 1 saturated heterocycles. The van der Waals surface area contributed by atoms with Crippen molar-refractivity contribution in [2.75, 3.05) is 19.6 Å². The molecule has 0 bridgehead atoms. The summed E-state index contributed by atoms with van der Waals surface area (Å²) in [6.45, 7) is 6.26. The molecule has 0 atom stereocenters. The van der Waals surface area contributed by atoms with E-state index in [0.717, 1.165) is 84.5 Å². The zero-order chi connectivity index (χ0) is 29.0. The first-order valence-electron chi connectivity index (χ1n) is 14.4. The summed E-state index contributed by atoms with van der Waals surface area (Å²) in [5.74, 6) is 0.442. The fourth-order valence-electron chi connectivity index (χ4n) is 6.01. The van der Waals surface area contributed by atoms with Crippen LogP contribution in [0.2, 0.25) is 5.02 Å². The van der Waals surface area contributed by atoms with E-state index >= 15 is 0 Å². The number of aryl methyl sites for hydroxylation is 2. The Morgan fingerprint density at radius 1 is 0.976 bits per heavy atom. The summed E-state index contributed by atoms with van der Waals surface area (Å²) in [4.78, 5) is 2.51. The number of nitrogens with two attached hydrogens (primary N) is 1.